The van der Waals surface area contributed by atoms with Crippen LogP contribution in [0, 0.1) is 11.8 Å². The van der Waals surface area contributed by atoms with E-state index in [0.29, 0.717) is 11.0 Å². The van der Waals surface area contributed by atoms with Crippen molar-refractivity contribution in [3.63, 3.8) is 0 Å². The smallest absolute Gasteiger partial charge is 0.356 e. The SMILES string of the molecule is CN=C(NCCCCN1CC(C)CC(C)C1)NCc1nc(C(F)(F)F)cs1.I. The van der Waals surface area contributed by atoms with E-state index in [2.05, 4.69) is 39.4 Å². The zero-order valence-corrected chi connectivity index (χ0v) is 19.8. The van der Waals surface area contributed by atoms with Crippen molar-refractivity contribution < 1.29 is 13.2 Å². The summed E-state index contributed by atoms with van der Waals surface area (Å²) in [5.74, 6) is 2.14. The molecule has 0 saturated carbocycles. The Morgan fingerprint density at radius 1 is 1.25 bits per heavy atom. The van der Waals surface area contributed by atoms with Crippen LogP contribution in [-0.2, 0) is 12.7 Å². The molecule has 162 valence electrons. The number of halogens is 4. The Labute approximate surface area is 186 Å². The first kappa shape index (κ1) is 25.4. The summed E-state index contributed by atoms with van der Waals surface area (Å²) >= 11 is 0.995. The van der Waals surface area contributed by atoms with Crippen LogP contribution in [0.1, 0.15) is 43.8 Å². The van der Waals surface area contributed by atoms with Gasteiger partial charge in [-0.1, -0.05) is 13.8 Å². The predicted octanol–water partition coefficient (Wildman–Crippen LogP) is 4.20. The Hall–Kier alpha value is -0.620. The molecule has 28 heavy (non-hydrogen) atoms. The van der Waals surface area contributed by atoms with Gasteiger partial charge in [0.2, 0.25) is 0 Å². The van der Waals surface area contributed by atoms with Crippen molar-refractivity contribution >= 4 is 41.3 Å². The molecule has 1 fully saturated rings. The monoisotopic (exact) mass is 533 g/mol. The van der Waals surface area contributed by atoms with Gasteiger partial charge in [-0.15, -0.1) is 35.3 Å². The van der Waals surface area contributed by atoms with Gasteiger partial charge in [0.05, 0.1) is 6.54 Å². The lowest BCUT2D eigenvalue weighted by Gasteiger charge is -2.34. The third-order valence-electron chi connectivity index (χ3n) is 4.61. The van der Waals surface area contributed by atoms with Gasteiger partial charge in [0, 0.05) is 32.1 Å². The number of guanidine groups is 1. The van der Waals surface area contributed by atoms with E-state index in [9.17, 15) is 13.2 Å². The number of rotatable bonds is 7. The number of hydrogen-bond acceptors (Lipinski definition) is 4. The molecule has 1 aromatic heterocycles. The van der Waals surface area contributed by atoms with Gasteiger partial charge >= 0.3 is 6.18 Å². The minimum absolute atomic E-state index is 0. The quantitative estimate of drug-likeness (QED) is 0.239. The average molecular weight is 533 g/mol. The van der Waals surface area contributed by atoms with Crippen molar-refractivity contribution in [3.05, 3.63) is 16.1 Å². The molecule has 1 saturated heterocycles. The summed E-state index contributed by atoms with van der Waals surface area (Å²) in [6.07, 6.45) is -0.928. The largest absolute Gasteiger partial charge is 0.434 e. The van der Waals surface area contributed by atoms with Crippen molar-refractivity contribution in [3.8, 4) is 0 Å². The number of likely N-dealkylation sites (tertiary alicyclic amines) is 1. The minimum atomic E-state index is -4.39. The fourth-order valence-electron chi connectivity index (χ4n) is 3.54. The predicted molar refractivity (Wildman–Crippen MR) is 119 cm³/mol. The van der Waals surface area contributed by atoms with Gasteiger partial charge in [-0.05, 0) is 37.6 Å². The lowest BCUT2D eigenvalue weighted by atomic mass is 9.92. The number of piperidine rings is 1. The molecular weight excluding hydrogens is 502 g/mol. The standard InChI is InChI=1S/C18H30F3N5S.HI/c1-13-8-14(2)11-26(10-13)7-5-4-6-23-17(22-3)24-9-16-25-15(12-27-16)18(19,20)21;/h12-14H,4-11H2,1-3H3,(H2,22,23,24);1H. The fourth-order valence-corrected chi connectivity index (χ4v) is 4.28. The van der Waals surface area contributed by atoms with Gasteiger partial charge in [-0.25, -0.2) is 4.98 Å². The van der Waals surface area contributed by atoms with Crippen LogP contribution in [0.5, 0.6) is 0 Å². The fraction of sp³-hybridized carbons (Fsp3) is 0.778. The van der Waals surface area contributed by atoms with E-state index < -0.39 is 11.9 Å². The number of hydrogen-bond donors (Lipinski definition) is 2. The number of aromatic nitrogens is 1. The molecule has 0 amide bonds. The highest BCUT2D eigenvalue weighted by atomic mass is 127. The minimum Gasteiger partial charge on any atom is -0.356 e. The zero-order valence-electron chi connectivity index (χ0n) is 16.7. The molecule has 2 heterocycles. The molecule has 1 aromatic rings. The lowest BCUT2D eigenvalue weighted by Crippen LogP contribution is -2.40. The number of nitrogens with one attached hydrogen (secondary N) is 2. The molecule has 0 aliphatic carbocycles. The first-order chi connectivity index (χ1) is 12.8. The first-order valence-electron chi connectivity index (χ1n) is 9.46. The summed E-state index contributed by atoms with van der Waals surface area (Å²) in [4.78, 5) is 10.3. The van der Waals surface area contributed by atoms with Gasteiger partial charge in [0.1, 0.15) is 5.01 Å². The molecule has 2 rings (SSSR count). The Kier molecular flexibility index (Phi) is 11.0. The van der Waals surface area contributed by atoms with E-state index in [1.54, 1.807) is 7.05 Å². The van der Waals surface area contributed by atoms with Gasteiger partial charge in [0.15, 0.2) is 11.7 Å². The summed E-state index contributed by atoms with van der Waals surface area (Å²) in [5.41, 5.74) is -0.839. The van der Waals surface area contributed by atoms with Crippen LogP contribution < -0.4 is 10.6 Å². The maximum absolute atomic E-state index is 12.6. The second kappa shape index (κ2) is 12.2. The van der Waals surface area contributed by atoms with Crippen LogP contribution in [0.2, 0.25) is 0 Å². The molecule has 1 aliphatic rings. The van der Waals surface area contributed by atoms with Gasteiger partial charge in [-0.2, -0.15) is 13.2 Å². The molecule has 1 aliphatic heterocycles. The molecule has 0 spiro atoms. The van der Waals surface area contributed by atoms with Crippen molar-refractivity contribution in [1.29, 1.82) is 0 Å². The first-order valence-corrected chi connectivity index (χ1v) is 10.3. The topological polar surface area (TPSA) is 52.6 Å². The van der Waals surface area contributed by atoms with Crippen molar-refractivity contribution in [2.24, 2.45) is 16.8 Å². The van der Waals surface area contributed by atoms with Gasteiger partial charge in [-0.3, -0.25) is 4.99 Å². The van der Waals surface area contributed by atoms with E-state index in [1.165, 1.54) is 19.5 Å². The number of alkyl halides is 3. The third kappa shape index (κ3) is 8.81. The Morgan fingerprint density at radius 2 is 1.93 bits per heavy atom. The number of nitrogens with zero attached hydrogens (tertiary/aromatic N) is 3. The number of unbranched alkanes of at least 4 members (excludes halogenated alkanes) is 1. The molecule has 0 bridgehead atoms. The Bertz CT molecular complexity index is 598. The lowest BCUT2D eigenvalue weighted by molar-refractivity contribution is -0.140. The van der Waals surface area contributed by atoms with E-state index >= 15 is 0 Å². The second-order valence-electron chi connectivity index (χ2n) is 7.39. The number of aliphatic imine (C=N–C) groups is 1. The summed E-state index contributed by atoms with van der Waals surface area (Å²) < 4.78 is 37.7. The van der Waals surface area contributed by atoms with E-state index in [0.717, 1.165) is 54.5 Å². The maximum atomic E-state index is 12.6. The Balaban J connectivity index is 0.00000392. The van der Waals surface area contributed by atoms with E-state index in [1.807, 2.05) is 0 Å². The summed E-state index contributed by atoms with van der Waals surface area (Å²) in [6.45, 7) is 9.14. The molecule has 2 atom stereocenters. The molecule has 0 radical (unpaired) electrons. The summed E-state index contributed by atoms with van der Waals surface area (Å²) in [7, 11) is 1.65. The normalized spacial score (nSPS) is 21.3. The number of thiazole rings is 1. The van der Waals surface area contributed by atoms with Crippen molar-refractivity contribution in [1.82, 2.24) is 20.5 Å². The molecule has 5 nitrogen and oxygen atoms in total. The maximum Gasteiger partial charge on any atom is 0.434 e. The summed E-state index contributed by atoms with van der Waals surface area (Å²) in [5, 5.41) is 7.64. The second-order valence-corrected chi connectivity index (χ2v) is 8.33. The van der Waals surface area contributed by atoms with Crippen LogP contribution in [0.25, 0.3) is 0 Å². The van der Waals surface area contributed by atoms with Crippen LogP contribution in [0.3, 0.4) is 0 Å². The van der Waals surface area contributed by atoms with Crippen LogP contribution in [0.4, 0.5) is 13.2 Å². The van der Waals surface area contributed by atoms with Gasteiger partial charge in [0.25, 0.3) is 0 Å². The highest BCUT2D eigenvalue weighted by Crippen LogP contribution is 2.29. The molecule has 0 aromatic carbocycles. The van der Waals surface area contributed by atoms with Crippen LogP contribution in [0.15, 0.2) is 10.4 Å². The van der Waals surface area contributed by atoms with Gasteiger partial charge < -0.3 is 15.5 Å². The zero-order chi connectivity index (χ0) is 19.9. The third-order valence-corrected chi connectivity index (χ3v) is 5.46. The average Bonchev–Trinajstić information content (AvgIpc) is 3.06. The molecule has 2 N–H and O–H groups in total. The van der Waals surface area contributed by atoms with Crippen LogP contribution in [-0.4, -0.2) is 49.1 Å². The molecule has 2 unspecified atom stereocenters. The molecule has 10 heteroatoms. The Morgan fingerprint density at radius 3 is 2.50 bits per heavy atom. The van der Waals surface area contributed by atoms with Crippen LogP contribution >= 0.6 is 35.3 Å². The highest BCUT2D eigenvalue weighted by molar-refractivity contribution is 14.0. The molecular formula is C18H31F3IN5S. The van der Waals surface area contributed by atoms with E-state index in [-0.39, 0.29) is 30.5 Å². The van der Waals surface area contributed by atoms with Crippen molar-refractivity contribution in [2.45, 2.75) is 45.8 Å². The highest BCUT2D eigenvalue weighted by Gasteiger charge is 2.33. The summed E-state index contributed by atoms with van der Waals surface area (Å²) in [6, 6.07) is 0. The van der Waals surface area contributed by atoms with Crippen molar-refractivity contribution in [2.75, 3.05) is 33.2 Å². The van der Waals surface area contributed by atoms with E-state index in [4.69, 9.17) is 0 Å².